The molecule has 25 heavy (non-hydrogen) atoms. The Morgan fingerprint density at radius 1 is 1.28 bits per heavy atom. The first-order valence-corrected chi connectivity index (χ1v) is 9.13. The largest absolute Gasteiger partial charge is 0.396 e. The molecule has 7 heteroatoms. The van der Waals surface area contributed by atoms with Crippen LogP contribution in [0.1, 0.15) is 42.6 Å². The molecular formula is C18H28N4O3. The first kappa shape index (κ1) is 18.1. The predicted octanol–water partition coefficient (Wildman–Crippen LogP) is 1.33. The van der Waals surface area contributed by atoms with Crippen LogP contribution in [0.25, 0.3) is 0 Å². The Bertz CT molecular complexity index is 591. The highest BCUT2D eigenvalue weighted by atomic mass is 16.5. The number of aliphatic hydroxyl groups excluding tert-OH is 1. The van der Waals surface area contributed by atoms with Crippen molar-refractivity contribution in [2.45, 2.75) is 32.1 Å². The van der Waals surface area contributed by atoms with Crippen molar-refractivity contribution in [3.63, 3.8) is 0 Å². The Morgan fingerprint density at radius 2 is 2.08 bits per heavy atom. The van der Waals surface area contributed by atoms with Gasteiger partial charge in [0, 0.05) is 45.3 Å². The molecule has 1 aromatic rings. The van der Waals surface area contributed by atoms with Gasteiger partial charge in [-0.1, -0.05) is 0 Å². The molecule has 2 aliphatic rings. The van der Waals surface area contributed by atoms with E-state index in [0.717, 1.165) is 57.6 Å². The molecule has 0 spiro atoms. The lowest BCUT2D eigenvalue weighted by Gasteiger charge is -2.42. The molecule has 0 radical (unpaired) electrons. The third-order valence-corrected chi connectivity index (χ3v) is 5.39. The molecule has 1 aromatic heterocycles. The highest BCUT2D eigenvalue weighted by Crippen LogP contribution is 2.34. The second-order valence-electron chi connectivity index (χ2n) is 7.19. The molecule has 2 aliphatic heterocycles. The maximum Gasteiger partial charge on any atom is 0.274 e. The molecule has 3 rings (SSSR count). The quantitative estimate of drug-likeness (QED) is 0.835. The molecular weight excluding hydrogens is 320 g/mol. The van der Waals surface area contributed by atoms with Gasteiger partial charge in [-0.25, -0.2) is 4.98 Å². The lowest BCUT2D eigenvalue weighted by molar-refractivity contribution is 0.0624. The van der Waals surface area contributed by atoms with Gasteiger partial charge in [0.2, 0.25) is 0 Å². The molecule has 7 nitrogen and oxygen atoms in total. The van der Waals surface area contributed by atoms with Gasteiger partial charge in [-0.3, -0.25) is 9.78 Å². The van der Waals surface area contributed by atoms with E-state index in [0.29, 0.717) is 18.8 Å². The van der Waals surface area contributed by atoms with Gasteiger partial charge >= 0.3 is 0 Å². The van der Waals surface area contributed by atoms with E-state index in [1.165, 1.54) is 0 Å². The molecule has 1 unspecified atom stereocenters. The zero-order valence-electron chi connectivity index (χ0n) is 15.0. The van der Waals surface area contributed by atoms with Crippen LogP contribution in [-0.2, 0) is 4.74 Å². The molecule has 2 saturated heterocycles. The summed E-state index contributed by atoms with van der Waals surface area (Å²) < 4.78 is 5.21. The fourth-order valence-corrected chi connectivity index (χ4v) is 3.83. The number of likely N-dealkylation sites (tertiary alicyclic amines) is 1. The number of carbonyl (C=O) groups excluding carboxylic acids is 1. The van der Waals surface area contributed by atoms with Gasteiger partial charge in [0.05, 0.1) is 19.0 Å². The normalized spacial score (nSPS) is 23.9. The molecule has 0 aliphatic carbocycles. The van der Waals surface area contributed by atoms with E-state index in [1.54, 1.807) is 19.5 Å². The van der Waals surface area contributed by atoms with Crippen LogP contribution in [0.5, 0.6) is 0 Å². The maximum absolute atomic E-state index is 12.6. The molecule has 3 heterocycles. The molecule has 1 N–H and O–H groups in total. The summed E-state index contributed by atoms with van der Waals surface area (Å²) in [6, 6.07) is 0. The molecule has 0 bridgehead atoms. The first-order chi connectivity index (χ1) is 12.2. The summed E-state index contributed by atoms with van der Waals surface area (Å²) in [5, 5.41) is 9.94. The third kappa shape index (κ3) is 4.10. The number of hydrogen-bond donors (Lipinski definition) is 1. The zero-order valence-corrected chi connectivity index (χ0v) is 15.0. The fraction of sp³-hybridized carbons (Fsp3) is 0.722. The van der Waals surface area contributed by atoms with Crippen molar-refractivity contribution in [3.05, 3.63) is 18.1 Å². The van der Waals surface area contributed by atoms with Crippen molar-refractivity contribution < 1.29 is 14.6 Å². The number of aliphatic hydroxyl groups is 1. The zero-order chi connectivity index (χ0) is 17.7. The maximum atomic E-state index is 12.6. The van der Waals surface area contributed by atoms with Crippen LogP contribution in [0.3, 0.4) is 0 Å². The summed E-state index contributed by atoms with van der Waals surface area (Å²) >= 11 is 0. The highest BCUT2D eigenvalue weighted by molar-refractivity contribution is 5.92. The Kier molecular flexibility index (Phi) is 5.86. The minimum absolute atomic E-state index is 0.0309. The minimum Gasteiger partial charge on any atom is -0.396 e. The standard InChI is InChI=1S/C18H28N4O3/c1-25-10-6-18(14-23)5-4-9-22(13-18)16-12-19-11-15(20-16)17(24)21-7-2-3-8-21/h11-12,23H,2-10,13-14H2,1H3. The second-order valence-corrected chi connectivity index (χ2v) is 7.19. The summed E-state index contributed by atoms with van der Waals surface area (Å²) in [4.78, 5) is 25.4. The molecule has 0 saturated carbocycles. The van der Waals surface area contributed by atoms with Gasteiger partial charge in [0.15, 0.2) is 0 Å². The van der Waals surface area contributed by atoms with E-state index < -0.39 is 0 Å². The third-order valence-electron chi connectivity index (χ3n) is 5.39. The molecule has 2 fully saturated rings. The molecule has 138 valence electrons. The number of methoxy groups -OCH3 is 1. The van der Waals surface area contributed by atoms with Gasteiger partial charge < -0.3 is 19.6 Å². The highest BCUT2D eigenvalue weighted by Gasteiger charge is 2.35. The second kappa shape index (κ2) is 8.10. The van der Waals surface area contributed by atoms with Crippen LogP contribution in [-0.4, -0.2) is 72.4 Å². The number of rotatable bonds is 6. The number of ether oxygens (including phenoxy) is 1. The lowest BCUT2D eigenvalue weighted by Crippen LogP contribution is -2.46. The van der Waals surface area contributed by atoms with E-state index in [9.17, 15) is 9.90 Å². The molecule has 1 atom stereocenters. The Morgan fingerprint density at radius 3 is 2.80 bits per heavy atom. The number of nitrogens with zero attached hydrogens (tertiary/aromatic N) is 4. The van der Waals surface area contributed by atoms with Gasteiger partial charge in [0.25, 0.3) is 5.91 Å². The van der Waals surface area contributed by atoms with E-state index in [-0.39, 0.29) is 17.9 Å². The number of anilines is 1. The minimum atomic E-state index is -0.176. The van der Waals surface area contributed by atoms with Crippen molar-refractivity contribution in [2.24, 2.45) is 5.41 Å². The number of aromatic nitrogens is 2. The Hall–Kier alpha value is -1.73. The average molecular weight is 348 g/mol. The summed E-state index contributed by atoms with van der Waals surface area (Å²) in [6.07, 6.45) is 8.16. The monoisotopic (exact) mass is 348 g/mol. The summed E-state index contributed by atoms with van der Waals surface area (Å²) in [7, 11) is 1.69. The smallest absolute Gasteiger partial charge is 0.274 e. The van der Waals surface area contributed by atoms with Crippen LogP contribution in [0, 0.1) is 5.41 Å². The lowest BCUT2D eigenvalue weighted by atomic mass is 9.78. The SMILES string of the molecule is COCCC1(CO)CCCN(c2cncc(C(=O)N3CCCC3)n2)C1. The van der Waals surface area contributed by atoms with Crippen molar-refractivity contribution in [1.82, 2.24) is 14.9 Å². The van der Waals surface area contributed by atoms with Gasteiger partial charge in [-0.15, -0.1) is 0 Å². The summed E-state index contributed by atoms with van der Waals surface area (Å²) in [6.45, 7) is 3.95. The summed E-state index contributed by atoms with van der Waals surface area (Å²) in [5.74, 6) is 0.691. The number of hydrogen-bond acceptors (Lipinski definition) is 6. The van der Waals surface area contributed by atoms with Gasteiger partial charge in [-0.05, 0) is 32.1 Å². The van der Waals surface area contributed by atoms with Crippen LogP contribution < -0.4 is 4.90 Å². The average Bonchev–Trinajstić information content (AvgIpc) is 3.21. The van der Waals surface area contributed by atoms with E-state index in [2.05, 4.69) is 14.9 Å². The molecule has 1 amide bonds. The number of amides is 1. The van der Waals surface area contributed by atoms with Crippen LogP contribution in [0.15, 0.2) is 12.4 Å². The van der Waals surface area contributed by atoms with Crippen molar-refractivity contribution in [2.75, 3.05) is 51.4 Å². The van der Waals surface area contributed by atoms with Crippen molar-refractivity contribution >= 4 is 11.7 Å². The van der Waals surface area contributed by atoms with Crippen LogP contribution >= 0.6 is 0 Å². The molecule has 0 aromatic carbocycles. The number of carbonyl (C=O) groups is 1. The van der Waals surface area contributed by atoms with Crippen LogP contribution in [0.2, 0.25) is 0 Å². The van der Waals surface area contributed by atoms with Gasteiger partial charge in [-0.2, -0.15) is 0 Å². The van der Waals surface area contributed by atoms with Crippen molar-refractivity contribution in [1.29, 1.82) is 0 Å². The van der Waals surface area contributed by atoms with Gasteiger partial charge in [0.1, 0.15) is 11.5 Å². The van der Waals surface area contributed by atoms with Crippen LogP contribution in [0.4, 0.5) is 5.82 Å². The Labute approximate surface area is 149 Å². The Balaban J connectivity index is 1.74. The first-order valence-electron chi connectivity index (χ1n) is 9.13. The predicted molar refractivity (Wildman–Crippen MR) is 94.6 cm³/mol. The summed E-state index contributed by atoms with van der Waals surface area (Å²) in [5.41, 5.74) is 0.238. The fourth-order valence-electron chi connectivity index (χ4n) is 3.83. The van der Waals surface area contributed by atoms with E-state index in [1.807, 2.05) is 4.90 Å². The van der Waals surface area contributed by atoms with E-state index in [4.69, 9.17) is 4.74 Å². The van der Waals surface area contributed by atoms with Crippen molar-refractivity contribution in [3.8, 4) is 0 Å². The van der Waals surface area contributed by atoms with E-state index >= 15 is 0 Å². The number of piperidine rings is 1. The topological polar surface area (TPSA) is 78.8 Å².